The average Bonchev–Trinajstić information content (AvgIpc) is 2.90. The first kappa shape index (κ1) is 33.1. The Bertz CT molecular complexity index is 674. The molecule has 0 aliphatic heterocycles. The van der Waals surface area contributed by atoms with Crippen molar-refractivity contribution in [2.75, 3.05) is 13.2 Å². The van der Waals surface area contributed by atoms with Crippen molar-refractivity contribution in [1.82, 2.24) is 0 Å². The largest absolute Gasteiger partial charge is 0.490 e. The molecule has 1 rings (SSSR count). The van der Waals surface area contributed by atoms with E-state index in [2.05, 4.69) is 18.8 Å². The Morgan fingerprint density at radius 1 is 0.568 bits per heavy atom. The fourth-order valence-corrected chi connectivity index (χ4v) is 4.61. The maximum atomic E-state index is 6.17. The number of rotatable bonds is 26. The number of guanidine groups is 1. The highest BCUT2D eigenvalue weighted by Gasteiger charge is 2.08. The van der Waals surface area contributed by atoms with E-state index in [0.29, 0.717) is 6.54 Å². The predicted molar refractivity (Wildman–Crippen MR) is 161 cm³/mol. The summed E-state index contributed by atoms with van der Waals surface area (Å²) in [4.78, 5) is 4.13. The summed E-state index contributed by atoms with van der Waals surface area (Å²) in [7, 11) is 0. The molecule has 0 unspecified atom stereocenters. The number of aliphatic imine (C=N–C) groups is 1. The lowest BCUT2D eigenvalue weighted by Crippen LogP contribution is -2.22. The Kier molecular flexibility index (Phi) is 21.9. The Labute approximate surface area is 229 Å². The fraction of sp³-hybridized carbons (Fsp3) is 0.781. The number of hydrogen-bond donors (Lipinski definition) is 2. The summed E-state index contributed by atoms with van der Waals surface area (Å²) in [5.41, 5.74) is 12.0. The second-order valence-electron chi connectivity index (χ2n) is 10.6. The molecular weight excluding hydrogens is 458 g/mol. The number of hydrogen-bond acceptors (Lipinski definition) is 3. The van der Waals surface area contributed by atoms with E-state index in [-0.39, 0.29) is 5.96 Å². The average molecular weight is 518 g/mol. The normalized spacial score (nSPS) is 11.0. The number of nitrogens with two attached hydrogens (primary N) is 2. The molecule has 1 aromatic carbocycles. The highest BCUT2D eigenvalue weighted by molar-refractivity contribution is 5.75. The van der Waals surface area contributed by atoms with Crippen LogP contribution in [-0.2, 0) is 6.54 Å². The van der Waals surface area contributed by atoms with E-state index in [1.54, 1.807) is 0 Å². The molecule has 0 amide bonds. The molecule has 0 fully saturated rings. The lowest BCUT2D eigenvalue weighted by Gasteiger charge is -2.14. The van der Waals surface area contributed by atoms with Crippen LogP contribution in [0.25, 0.3) is 0 Å². The molecule has 0 atom stereocenters. The Hall–Kier alpha value is -1.91. The van der Waals surface area contributed by atoms with Crippen LogP contribution in [0.15, 0.2) is 23.2 Å². The van der Waals surface area contributed by atoms with Crippen LogP contribution in [0.4, 0.5) is 0 Å². The van der Waals surface area contributed by atoms with E-state index >= 15 is 0 Å². The molecule has 0 spiro atoms. The van der Waals surface area contributed by atoms with E-state index < -0.39 is 0 Å². The van der Waals surface area contributed by atoms with Crippen LogP contribution < -0.4 is 20.9 Å². The van der Waals surface area contributed by atoms with Crippen LogP contribution >= 0.6 is 0 Å². The zero-order valence-electron chi connectivity index (χ0n) is 24.4. The molecule has 0 bridgehead atoms. The van der Waals surface area contributed by atoms with Crippen molar-refractivity contribution in [3.63, 3.8) is 0 Å². The summed E-state index contributed by atoms with van der Waals surface area (Å²) in [5.74, 6) is 1.75. The van der Waals surface area contributed by atoms with Gasteiger partial charge in [-0.05, 0) is 30.5 Å². The molecule has 37 heavy (non-hydrogen) atoms. The lowest BCUT2D eigenvalue weighted by molar-refractivity contribution is 0.258. The molecule has 0 saturated carbocycles. The molecule has 5 nitrogen and oxygen atoms in total. The van der Waals surface area contributed by atoms with Crippen LogP contribution in [0, 0.1) is 0 Å². The van der Waals surface area contributed by atoms with Crippen molar-refractivity contribution in [2.45, 2.75) is 149 Å². The summed E-state index contributed by atoms with van der Waals surface area (Å²) >= 11 is 0. The molecule has 0 saturated heterocycles. The standard InChI is InChI=1S/C32H59N3O2/c1-3-5-7-9-11-13-15-17-19-21-25-36-30-24-23-29(28-35-32(33)34)27-31(30)37-26-22-20-18-16-14-12-10-8-6-4-2/h23-24,27H,3-22,25-26,28H2,1-2H3,(H4,33,34,35). The third kappa shape index (κ3) is 19.8. The predicted octanol–water partition coefficient (Wildman–Crippen LogP) is 9.06. The van der Waals surface area contributed by atoms with Gasteiger partial charge in [0.15, 0.2) is 17.5 Å². The minimum Gasteiger partial charge on any atom is -0.490 e. The second kappa shape index (κ2) is 24.4. The van der Waals surface area contributed by atoms with E-state index in [0.717, 1.165) is 43.1 Å². The van der Waals surface area contributed by atoms with Crippen LogP contribution in [0.2, 0.25) is 0 Å². The topological polar surface area (TPSA) is 82.9 Å². The van der Waals surface area contributed by atoms with Gasteiger partial charge in [0.2, 0.25) is 0 Å². The Morgan fingerprint density at radius 3 is 1.41 bits per heavy atom. The third-order valence-electron chi connectivity index (χ3n) is 6.96. The first-order valence-electron chi connectivity index (χ1n) is 15.6. The van der Waals surface area contributed by atoms with Gasteiger partial charge in [-0.2, -0.15) is 0 Å². The van der Waals surface area contributed by atoms with Gasteiger partial charge in [0.05, 0.1) is 19.8 Å². The van der Waals surface area contributed by atoms with Gasteiger partial charge in [-0.25, -0.2) is 4.99 Å². The van der Waals surface area contributed by atoms with Gasteiger partial charge in [0.1, 0.15) is 0 Å². The van der Waals surface area contributed by atoms with Crippen molar-refractivity contribution < 1.29 is 9.47 Å². The fourth-order valence-electron chi connectivity index (χ4n) is 4.61. The van der Waals surface area contributed by atoms with Crippen molar-refractivity contribution in [2.24, 2.45) is 16.5 Å². The molecule has 0 heterocycles. The van der Waals surface area contributed by atoms with Gasteiger partial charge in [0, 0.05) is 0 Å². The van der Waals surface area contributed by atoms with Crippen molar-refractivity contribution >= 4 is 5.96 Å². The SMILES string of the molecule is CCCCCCCCCCCCOc1ccc(CN=C(N)N)cc1OCCCCCCCCCCCC. The number of unbranched alkanes of at least 4 members (excludes halogenated alkanes) is 18. The summed E-state index contributed by atoms with van der Waals surface area (Å²) in [6, 6.07) is 6.05. The molecule has 0 aliphatic carbocycles. The maximum absolute atomic E-state index is 6.17. The molecule has 0 aromatic heterocycles. The van der Waals surface area contributed by atoms with Crippen molar-refractivity contribution in [1.29, 1.82) is 0 Å². The van der Waals surface area contributed by atoms with Crippen molar-refractivity contribution in [3.05, 3.63) is 23.8 Å². The summed E-state index contributed by atoms with van der Waals surface area (Å²) in [6.07, 6.45) is 26.4. The maximum Gasteiger partial charge on any atom is 0.186 e. The van der Waals surface area contributed by atoms with Crippen molar-refractivity contribution in [3.8, 4) is 11.5 Å². The van der Waals surface area contributed by atoms with Gasteiger partial charge in [-0.1, -0.05) is 135 Å². The smallest absolute Gasteiger partial charge is 0.186 e. The minimum atomic E-state index is 0.106. The van der Waals surface area contributed by atoms with Crippen LogP contribution in [0.1, 0.15) is 148 Å². The van der Waals surface area contributed by atoms with Gasteiger partial charge < -0.3 is 20.9 Å². The van der Waals surface area contributed by atoms with Crippen LogP contribution in [-0.4, -0.2) is 19.2 Å². The molecule has 0 radical (unpaired) electrons. The second-order valence-corrected chi connectivity index (χ2v) is 10.6. The zero-order chi connectivity index (χ0) is 26.8. The molecular formula is C32H59N3O2. The van der Waals surface area contributed by atoms with Crippen LogP contribution in [0.5, 0.6) is 11.5 Å². The first-order chi connectivity index (χ1) is 18.2. The molecule has 1 aromatic rings. The number of benzene rings is 1. The van der Waals surface area contributed by atoms with E-state index in [1.165, 1.54) is 116 Å². The summed E-state index contributed by atoms with van der Waals surface area (Å²) in [5, 5.41) is 0. The van der Waals surface area contributed by atoms with Gasteiger partial charge in [-0.3, -0.25) is 0 Å². The first-order valence-corrected chi connectivity index (χ1v) is 15.6. The summed E-state index contributed by atoms with van der Waals surface area (Å²) in [6.45, 7) is 6.46. The summed E-state index contributed by atoms with van der Waals surface area (Å²) < 4.78 is 12.3. The van der Waals surface area contributed by atoms with E-state index in [9.17, 15) is 0 Å². The highest BCUT2D eigenvalue weighted by atomic mass is 16.5. The number of ether oxygens (including phenoxy) is 2. The van der Waals surface area contributed by atoms with Crippen LogP contribution in [0.3, 0.4) is 0 Å². The molecule has 214 valence electrons. The Balaban J connectivity index is 2.30. The monoisotopic (exact) mass is 517 g/mol. The number of nitrogens with zero attached hydrogens (tertiary/aromatic N) is 1. The highest BCUT2D eigenvalue weighted by Crippen LogP contribution is 2.29. The third-order valence-corrected chi connectivity index (χ3v) is 6.96. The zero-order valence-corrected chi connectivity index (χ0v) is 24.4. The quantitative estimate of drug-likeness (QED) is 0.0729. The van der Waals surface area contributed by atoms with Gasteiger partial charge in [-0.15, -0.1) is 0 Å². The molecule has 4 N–H and O–H groups in total. The Morgan fingerprint density at radius 2 is 0.973 bits per heavy atom. The van der Waals surface area contributed by atoms with Gasteiger partial charge >= 0.3 is 0 Å². The van der Waals surface area contributed by atoms with Gasteiger partial charge in [0.25, 0.3) is 0 Å². The lowest BCUT2D eigenvalue weighted by atomic mass is 10.1. The minimum absolute atomic E-state index is 0.106. The molecule has 0 aliphatic rings. The van der Waals surface area contributed by atoms with E-state index in [1.807, 2.05) is 18.2 Å². The molecule has 5 heteroatoms. The van der Waals surface area contributed by atoms with E-state index in [4.69, 9.17) is 20.9 Å².